The molecule has 1 aliphatic heterocycles. The zero-order chi connectivity index (χ0) is 15.9. The summed E-state index contributed by atoms with van der Waals surface area (Å²) < 4.78 is 0. The molecule has 0 saturated carbocycles. The Morgan fingerprint density at radius 3 is 2.95 bits per heavy atom. The maximum atomic E-state index is 11.8. The van der Waals surface area contributed by atoms with E-state index in [-0.39, 0.29) is 17.7 Å². The third-order valence-electron chi connectivity index (χ3n) is 3.75. The van der Waals surface area contributed by atoms with E-state index in [9.17, 15) is 9.59 Å². The van der Waals surface area contributed by atoms with E-state index in [1.54, 1.807) is 18.3 Å². The van der Waals surface area contributed by atoms with Crippen LogP contribution in [-0.2, 0) is 4.79 Å². The number of amides is 2. The molecule has 2 heterocycles. The highest BCUT2D eigenvalue weighted by atomic mass is 16.2. The van der Waals surface area contributed by atoms with E-state index in [4.69, 9.17) is 5.73 Å². The predicted octanol–water partition coefficient (Wildman–Crippen LogP) is 1.09. The molecule has 118 valence electrons. The fourth-order valence-electron chi connectivity index (χ4n) is 2.70. The molecule has 6 nitrogen and oxygen atoms in total. The fraction of sp³-hybridized carbons (Fsp3) is 0.438. The molecule has 1 atom stereocenters. The summed E-state index contributed by atoms with van der Waals surface area (Å²) in [6, 6.07) is 3.61. The number of primary amides is 1. The Bertz CT molecular complexity index is 542. The highest BCUT2D eigenvalue weighted by Gasteiger charge is 2.22. The first-order valence-corrected chi connectivity index (χ1v) is 7.48. The molecule has 3 N–H and O–H groups in total. The molecule has 0 radical (unpaired) electrons. The second-order valence-electron chi connectivity index (χ2n) is 5.53. The van der Waals surface area contributed by atoms with Crippen molar-refractivity contribution >= 4 is 17.6 Å². The number of nitrogens with two attached hydrogens (primary N) is 1. The molecule has 0 aromatic carbocycles. The summed E-state index contributed by atoms with van der Waals surface area (Å²) in [6.07, 6.45) is 5.65. The van der Waals surface area contributed by atoms with Crippen LogP contribution in [0.2, 0.25) is 0 Å². The van der Waals surface area contributed by atoms with E-state index < -0.39 is 0 Å². The maximum Gasteiger partial charge on any atom is 0.253 e. The molecule has 0 spiro atoms. The maximum absolute atomic E-state index is 11.8. The SMILES string of the molecule is C=CCNC(=O)c1ccc(N2CCCC(CC(N)=O)C2)nc1. The average Bonchev–Trinajstić information content (AvgIpc) is 2.52. The fourth-order valence-corrected chi connectivity index (χ4v) is 2.70. The van der Waals surface area contributed by atoms with Crippen LogP contribution in [0.4, 0.5) is 5.82 Å². The molecule has 0 aliphatic carbocycles. The average molecular weight is 302 g/mol. The summed E-state index contributed by atoms with van der Waals surface area (Å²) in [7, 11) is 0. The zero-order valence-electron chi connectivity index (χ0n) is 12.6. The molecular formula is C16H22N4O2. The van der Waals surface area contributed by atoms with E-state index in [1.165, 1.54) is 0 Å². The number of nitrogens with zero attached hydrogens (tertiary/aromatic N) is 2. The summed E-state index contributed by atoms with van der Waals surface area (Å²) in [6.45, 7) is 5.67. The van der Waals surface area contributed by atoms with Crippen LogP contribution in [0.15, 0.2) is 31.0 Å². The van der Waals surface area contributed by atoms with Crippen molar-refractivity contribution in [1.82, 2.24) is 10.3 Å². The van der Waals surface area contributed by atoms with Crippen LogP contribution in [-0.4, -0.2) is 36.4 Å². The van der Waals surface area contributed by atoms with Gasteiger partial charge in [0.2, 0.25) is 5.91 Å². The molecule has 1 aromatic rings. The Kier molecular flexibility index (Phi) is 5.52. The quantitative estimate of drug-likeness (QED) is 0.770. The van der Waals surface area contributed by atoms with Crippen LogP contribution in [0.25, 0.3) is 0 Å². The van der Waals surface area contributed by atoms with Gasteiger partial charge in [0.05, 0.1) is 5.56 Å². The number of pyridine rings is 1. The highest BCUT2D eigenvalue weighted by Crippen LogP contribution is 2.23. The number of hydrogen-bond acceptors (Lipinski definition) is 4. The first kappa shape index (κ1) is 16.0. The molecule has 6 heteroatoms. The highest BCUT2D eigenvalue weighted by molar-refractivity contribution is 5.94. The standard InChI is InChI=1S/C16H22N4O2/c1-2-7-18-16(22)13-5-6-15(19-10-13)20-8-3-4-12(11-20)9-14(17)21/h2,5-6,10,12H,1,3-4,7-9,11H2,(H2,17,21)(H,18,22). The number of carbonyl (C=O) groups excluding carboxylic acids is 2. The van der Waals surface area contributed by atoms with Crippen LogP contribution in [0.5, 0.6) is 0 Å². The van der Waals surface area contributed by atoms with Crippen molar-refractivity contribution in [3.8, 4) is 0 Å². The lowest BCUT2D eigenvalue weighted by Crippen LogP contribution is -2.37. The van der Waals surface area contributed by atoms with Crippen LogP contribution in [0.1, 0.15) is 29.6 Å². The lowest BCUT2D eigenvalue weighted by atomic mass is 9.94. The smallest absolute Gasteiger partial charge is 0.253 e. The third-order valence-corrected chi connectivity index (χ3v) is 3.75. The van der Waals surface area contributed by atoms with Crippen LogP contribution in [0, 0.1) is 5.92 Å². The number of piperidine rings is 1. The Hall–Kier alpha value is -2.37. The van der Waals surface area contributed by atoms with Crippen LogP contribution >= 0.6 is 0 Å². The van der Waals surface area contributed by atoms with E-state index in [0.29, 0.717) is 18.5 Å². The molecule has 2 amide bonds. The number of nitrogens with one attached hydrogen (secondary N) is 1. The molecule has 1 aromatic heterocycles. The van der Waals surface area contributed by atoms with Crippen LogP contribution in [0.3, 0.4) is 0 Å². The minimum atomic E-state index is -0.256. The lowest BCUT2D eigenvalue weighted by Gasteiger charge is -2.33. The first-order chi connectivity index (χ1) is 10.6. The van der Waals surface area contributed by atoms with Gasteiger partial charge >= 0.3 is 0 Å². The Morgan fingerprint density at radius 2 is 2.32 bits per heavy atom. The number of hydrogen-bond donors (Lipinski definition) is 2. The molecule has 1 fully saturated rings. The number of rotatable bonds is 6. The summed E-state index contributed by atoms with van der Waals surface area (Å²) in [5.41, 5.74) is 5.80. The van der Waals surface area contributed by atoms with E-state index in [1.807, 2.05) is 6.07 Å². The Morgan fingerprint density at radius 1 is 1.50 bits per heavy atom. The number of aromatic nitrogens is 1. The second kappa shape index (κ2) is 7.59. The second-order valence-corrected chi connectivity index (χ2v) is 5.53. The molecule has 1 unspecified atom stereocenters. The minimum absolute atomic E-state index is 0.163. The van der Waals surface area contributed by atoms with Crippen molar-refractivity contribution < 1.29 is 9.59 Å². The lowest BCUT2D eigenvalue weighted by molar-refractivity contribution is -0.118. The molecule has 0 bridgehead atoms. The molecule has 2 rings (SSSR count). The van der Waals surface area contributed by atoms with Gasteiger partial charge in [0.25, 0.3) is 5.91 Å². The zero-order valence-corrected chi connectivity index (χ0v) is 12.6. The van der Waals surface area contributed by atoms with Crippen molar-refractivity contribution in [2.75, 3.05) is 24.5 Å². The van der Waals surface area contributed by atoms with Gasteiger partial charge in [-0.2, -0.15) is 0 Å². The molecule has 1 saturated heterocycles. The summed E-state index contributed by atoms with van der Waals surface area (Å²) in [5, 5.41) is 2.71. The molecule has 22 heavy (non-hydrogen) atoms. The molecular weight excluding hydrogens is 280 g/mol. The minimum Gasteiger partial charge on any atom is -0.370 e. The van der Waals surface area contributed by atoms with Crippen molar-refractivity contribution in [3.05, 3.63) is 36.5 Å². The summed E-state index contributed by atoms with van der Waals surface area (Å²) >= 11 is 0. The number of carbonyl (C=O) groups is 2. The van der Waals surface area contributed by atoms with Crippen LogP contribution < -0.4 is 16.0 Å². The van der Waals surface area contributed by atoms with Gasteiger partial charge in [-0.15, -0.1) is 6.58 Å². The summed E-state index contributed by atoms with van der Waals surface area (Å²) in [4.78, 5) is 29.4. The monoisotopic (exact) mass is 302 g/mol. The van der Waals surface area contributed by atoms with Gasteiger partial charge < -0.3 is 16.0 Å². The van der Waals surface area contributed by atoms with Gasteiger partial charge in [0, 0.05) is 32.3 Å². The van der Waals surface area contributed by atoms with Crippen molar-refractivity contribution in [3.63, 3.8) is 0 Å². The van der Waals surface area contributed by atoms with Gasteiger partial charge in [-0.05, 0) is 30.9 Å². The van der Waals surface area contributed by atoms with Gasteiger partial charge in [-0.3, -0.25) is 9.59 Å². The topological polar surface area (TPSA) is 88.3 Å². The van der Waals surface area contributed by atoms with Gasteiger partial charge in [0.15, 0.2) is 0 Å². The largest absolute Gasteiger partial charge is 0.370 e. The molecule has 1 aliphatic rings. The van der Waals surface area contributed by atoms with Gasteiger partial charge in [-0.1, -0.05) is 6.08 Å². The first-order valence-electron chi connectivity index (χ1n) is 7.48. The van der Waals surface area contributed by atoms with Crippen molar-refractivity contribution in [1.29, 1.82) is 0 Å². The predicted molar refractivity (Wildman–Crippen MR) is 85.5 cm³/mol. The van der Waals surface area contributed by atoms with E-state index in [2.05, 4.69) is 21.8 Å². The Labute approximate surface area is 130 Å². The summed E-state index contributed by atoms with van der Waals surface area (Å²) in [5.74, 6) is 0.691. The van der Waals surface area contributed by atoms with Gasteiger partial charge in [0.1, 0.15) is 5.82 Å². The van der Waals surface area contributed by atoms with E-state index in [0.717, 1.165) is 31.7 Å². The van der Waals surface area contributed by atoms with Gasteiger partial charge in [-0.25, -0.2) is 4.98 Å². The van der Waals surface area contributed by atoms with Crippen molar-refractivity contribution in [2.45, 2.75) is 19.3 Å². The van der Waals surface area contributed by atoms with E-state index >= 15 is 0 Å². The van der Waals surface area contributed by atoms with Crippen molar-refractivity contribution in [2.24, 2.45) is 11.7 Å². The number of anilines is 1. The normalized spacial score (nSPS) is 17.8. The third kappa shape index (κ3) is 4.31. The Balaban J connectivity index is 1.98.